The van der Waals surface area contributed by atoms with Gasteiger partial charge in [-0.3, -0.25) is 14.7 Å². The molecule has 1 N–H and O–H groups in total. The van der Waals surface area contributed by atoms with Crippen LogP contribution < -0.4 is 5.32 Å². The predicted molar refractivity (Wildman–Crippen MR) is 95.6 cm³/mol. The number of hydrogen-bond acceptors (Lipinski definition) is 3. The number of rotatable bonds is 7. The van der Waals surface area contributed by atoms with Crippen LogP contribution in [0.15, 0.2) is 48.8 Å². The van der Waals surface area contributed by atoms with Gasteiger partial charge >= 0.3 is 0 Å². The van der Waals surface area contributed by atoms with Crippen molar-refractivity contribution >= 4 is 5.91 Å². The third-order valence-electron chi connectivity index (χ3n) is 4.51. The van der Waals surface area contributed by atoms with E-state index in [1.54, 1.807) is 6.20 Å². The molecule has 0 saturated heterocycles. The summed E-state index contributed by atoms with van der Waals surface area (Å²) in [5.74, 6) is 0.103. The topological polar surface area (TPSA) is 45.2 Å². The van der Waals surface area contributed by atoms with Gasteiger partial charge in [-0.2, -0.15) is 0 Å². The lowest BCUT2D eigenvalue weighted by Gasteiger charge is -2.21. The summed E-state index contributed by atoms with van der Waals surface area (Å²) in [6.45, 7) is 3.23. The molecule has 1 amide bonds. The predicted octanol–water partition coefficient (Wildman–Crippen LogP) is 2.71. The van der Waals surface area contributed by atoms with Crippen molar-refractivity contribution in [3.8, 4) is 0 Å². The van der Waals surface area contributed by atoms with E-state index in [0.29, 0.717) is 6.54 Å². The molecule has 0 radical (unpaired) electrons. The number of benzene rings is 1. The molecule has 1 aromatic carbocycles. The summed E-state index contributed by atoms with van der Waals surface area (Å²) in [6, 6.07) is 12.5. The maximum absolute atomic E-state index is 12.4. The van der Waals surface area contributed by atoms with Crippen molar-refractivity contribution in [1.29, 1.82) is 0 Å². The average molecular weight is 323 g/mol. The minimum Gasteiger partial charge on any atom is -0.349 e. The molecule has 0 atom stereocenters. The Kier molecular flexibility index (Phi) is 4.95. The van der Waals surface area contributed by atoms with Crippen molar-refractivity contribution in [2.75, 3.05) is 13.6 Å². The van der Waals surface area contributed by atoms with Gasteiger partial charge in [0.05, 0.1) is 6.54 Å². The molecule has 126 valence electrons. The van der Waals surface area contributed by atoms with E-state index in [1.807, 2.05) is 30.3 Å². The van der Waals surface area contributed by atoms with E-state index >= 15 is 0 Å². The van der Waals surface area contributed by atoms with Crippen LogP contribution in [0.2, 0.25) is 0 Å². The number of pyridine rings is 1. The molecule has 1 aliphatic carbocycles. The lowest BCUT2D eigenvalue weighted by atomic mass is 10.0. The van der Waals surface area contributed by atoms with Crippen LogP contribution in [0, 0.1) is 6.92 Å². The summed E-state index contributed by atoms with van der Waals surface area (Å²) >= 11 is 0. The molecular formula is C20H25N3O. The van der Waals surface area contributed by atoms with Gasteiger partial charge in [0, 0.05) is 24.5 Å². The fourth-order valence-electron chi connectivity index (χ4n) is 3.03. The number of nitrogens with zero attached hydrogens (tertiary/aromatic N) is 2. The summed E-state index contributed by atoms with van der Waals surface area (Å²) in [7, 11) is 1.96. The van der Waals surface area contributed by atoms with Crippen LogP contribution in [0.4, 0.5) is 0 Å². The first-order valence-corrected chi connectivity index (χ1v) is 8.49. The smallest absolute Gasteiger partial charge is 0.234 e. The molecular weight excluding hydrogens is 298 g/mol. The molecule has 0 bridgehead atoms. The molecule has 1 aliphatic rings. The quantitative estimate of drug-likeness (QED) is 0.852. The molecule has 24 heavy (non-hydrogen) atoms. The van der Waals surface area contributed by atoms with Crippen molar-refractivity contribution < 1.29 is 4.79 Å². The lowest BCUT2D eigenvalue weighted by Crippen LogP contribution is -2.43. The Bertz CT molecular complexity index is 678. The summed E-state index contributed by atoms with van der Waals surface area (Å²) in [5, 5.41) is 3.25. The number of aryl methyl sites for hydroxylation is 1. The van der Waals surface area contributed by atoms with E-state index < -0.39 is 0 Å². The number of likely N-dealkylation sites (N-methyl/N-ethyl adjacent to an activating group) is 1. The second-order valence-corrected chi connectivity index (χ2v) is 7.02. The van der Waals surface area contributed by atoms with Crippen LogP contribution >= 0.6 is 0 Å². The molecule has 2 aromatic rings. The van der Waals surface area contributed by atoms with Crippen LogP contribution in [0.1, 0.15) is 29.5 Å². The van der Waals surface area contributed by atoms with Crippen LogP contribution in [0.25, 0.3) is 0 Å². The van der Waals surface area contributed by atoms with Crippen molar-refractivity contribution in [1.82, 2.24) is 15.2 Å². The Morgan fingerprint density at radius 1 is 1.21 bits per heavy atom. The standard InChI is InChI=1S/C20H25N3O/c1-16-5-7-17(8-6-16)12-20(9-10-20)22-19(24)15-23(2)14-18-4-3-11-21-13-18/h3-8,11,13H,9-10,12,14-15H2,1-2H3,(H,22,24). The van der Waals surface area contributed by atoms with Crippen molar-refractivity contribution in [3.63, 3.8) is 0 Å². The number of amides is 1. The molecule has 1 saturated carbocycles. The molecule has 1 fully saturated rings. The molecule has 0 unspecified atom stereocenters. The maximum Gasteiger partial charge on any atom is 0.234 e. The lowest BCUT2D eigenvalue weighted by molar-refractivity contribution is -0.123. The monoisotopic (exact) mass is 323 g/mol. The Morgan fingerprint density at radius 3 is 2.58 bits per heavy atom. The van der Waals surface area contributed by atoms with Crippen LogP contribution in [-0.2, 0) is 17.8 Å². The van der Waals surface area contributed by atoms with Gasteiger partial charge in [-0.05, 0) is 50.4 Å². The zero-order valence-electron chi connectivity index (χ0n) is 14.5. The van der Waals surface area contributed by atoms with E-state index in [0.717, 1.165) is 31.4 Å². The summed E-state index contributed by atoms with van der Waals surface area (Å²) in [5.41, 5.74) is 3.65. The highest BCUT2D eigenvalue weighted by atomic mass is 16.2. The van der Waals surface area contributed by atoms with Gasteiger partial charge in [0.2, 0.25) is 5.91 Å². The molecule has 0 aliphatic heterocycles. The number of aromatic nitrogens is 1. The Morgan fingerprint density at radius 2 is 1.96 bits per heavy atom. The fraction of sp³-hybridized carbons (Fsp3) is 0.400. The summed E-state index contributed by atoms with van der Waals surface area (Å²) in [6.07, 6.45) is 6.66. The summed E-state index contributed by atoms with van der Waals surface area (Å²) in [4.78, 5) is 18.5. The molecule has 4 nitrogen and oxygen atoms in total. The zero-order valence-corrected chi connectivity index (χ0v) is 14.5. The Labute approximate surface area is 143 Å². The molecule has 3 rings (SSSR count). The van der Waals surface area contributed by atoms with Gasteiger partial charge in [0.15, 0.2) is 0 Å². The van der Waals surface area contributed by atoms with Crippen LogP contribution in [0.5, 0.6) is 0 Å². The molecule has 0 spiro atoms. The second kappa shape index (κ2) is 7.14. The van der Waals surface area contributed by atoms with E-state index in [-0.39, 0.29) is 11.4 Å². The van der Waals surface area contributed by atoms with Crippen molar-refractivity contribution in [2.24, 2.45) is 0 Å². The first-order valence-electron chi connectivity index (χ1n) is 8.49. The van der Waals surface area contributed by atoms with E-state index in [2.05, 4.69) is 41.5 Å². The van der Waals surface area contributed by atoms with Crippen LogP contribution in [-0.4, -0.2) is 34.9 Å². The first kappa shape index (κ1) is 16.7. The summed E-state index contributed by atoms with van der Waals surface area (Å²) < 4.78 is 0. The normalized spacial score (nSPS) is 15.3. The first-order chi connectivity index (χ1) is 11.5. The van der Waals surface area contributed by atoms with E-state index in [1.165, 1.54) is 11.1 Å². The largest absolute Gasteiger partial charge is 0.349 e. The van der Waals surface area contributed by atoms with E-state index in [4.69, 9.17) is 0 Å². The third-order valence-corrected chi connectivity index (χ3v) is 4.51. The highest BCUT2D eigenvalue weighted by molar-refractivity contribution is 5.79. The average Bonchev–Trinajstić information content (AvgIpc) is 3.29. The van der Waals surface area contributed by atoms with Gasteiger partial charge in [0.25, 0.3) is 0 Å². The fourth-order valence-corrected chi connectivity index (χ4v) is 3.03. The SMILES string of the molecule is Cc1ccc(CC2(NC(=O)CN(C)Cc3cccnc3)CC2)cc1. The van der Waals surface area contributed by atoms with Crippen molar-refractivity contribution in [2.45, 2.75) is 38.3 Å². The molecule has 4 heteroatoms. The minimum atomic E-state index is -0.0263. The van der Waals surface area contributed by atoms with Gasteiger partial charge in [0.1, 0.15) is 0 Å². The van der Waals surface area contributed by atoms with Crippen molar-refractivity contribution in [3.05, 3.63) is 65.5 Å². The highest BCUT2D eigenvalue weighted by Crippen LogP contribution is 2.38. The van der Waals surface area contributed by atoms with Gasteiger partial charge < -0.3 is 5.32 Å². The van der Waals surface area contributed by atoms with E-state index in [9.17, 15) is 4.79 Å². The van der Waals surface area contributed by atoms with Gasteiger partial charge in [-0.1, -0.05) is 35.9 Å². The van der Waals surface area contributed by atoms with Crippen LogP contribution in [0.3, 0.4) is 0 Å². The second-order valence-electron chi connectivity index (χ2n) is 7.02. The Hall–Kier alpha value is -2.20. The maximum atomic E-state index is 12.4. The molecule has 1 aromatic heterocycles. The number of nitrogens with one attached hydrogen (secondary N) is 1. The molecule has 1 heterocycles. The minimum absolute atomic E-state index is 0.0263. The number of hydrogen-bond donors (Lipinski definition) is 1. The van der Waals surface area contributed by atoms with Gasteiger partial charge in [-0.15, -0.1) is 0 Å². The highest BCUT2D eigenvalue weighted by Gasteiger charge is 2.43. The third kappa shape index (κ3) is 4.65. The van der Waals surface area contributed by atoms with Gasteiger partial charge in [-0.25, -0.2) is 0 Å². The number of carbonyl (C=O) groups excluding carboxylic acids is 1. The Balaban J connectivity index is 1.50. The zero-order chi connectivity index (χ0) is 17.0. The number of carbonyl (C=O) groups is 1.